The highest BCUT2D eigenvalue weighted by Crippen LogP contribution is 2.23. The molecule has 1 aromatic heterocycles. The van der Waals surface area contributed by atoms with Crippen molar-refractivity contribution in [2.24, 2.45) is 10.9 Å². The summed E-state index contributed by atoms with van der Waals surface area (Å²) in [7, 11) is -3.56. The number of likely N-dealkylation sites (N-methyl/N-ethyl adjacent to an activating group) is 1. The van der Waals surface area contributed by atoms with E-state index in [1.807, 2.05) is 6.92 Å². The van der Waals surface area contributed by atoms with Crippen LogP contribution in [0.15, 0.2) is 21.5 Å². The molecular weight excluding hydrogens is 262 g/mol. The summed E-state index contributed by atoms with van der Waals surface area (Å²) in [5, 5.41) is 11.2. The average Bonchev–Trinajstić information content (AvgIpc) is 2.72. The summed E-state index contributed by atoms with van der Waals surface area (Å²) in [6.45, 7) is 3.67. The molecule has 8 heteroatoms. The third-order valence-corrected chi connectivity index (χ3v) is 5.52. The van der Waals surface area contributed by atoms with Crippen molar-refractivity contribution in [1.29, 1.82) is 0 Å². The minimum atomic E-state index is -3.56. The lowest BCUT2D eigenvalue weighted by atomic mass is 10.5. The fourth-order valence-corrected chi connectivity index (χ4v) is 4.11. The maximum atomic E-state index is 12.2. The first-order valence-electron chi connectivity index (χ1n) is 4.94. The topological polar surface area (TPSA) is 96.0 Å². The molecule has 0 spiro atoms. The largest absolute Gasteiger partial charge is 0.409 e. The van der Waals surface area contributed by atoms with Crippen molar-refractivity contribution in [3.05, 3.63) is 17.0 Å². The highest BCUT2D eigenvalue weighted by Gasteiger charge is 2.25. The highest BCUT2D eigenvalue weighted by molar-refractivity contribution is 7.91. The van der Waals surface area contributed by atoms with Gasteiger partial charge in [-0.25, -0.2) is 8.42 Å². The average molecular weight is 277 g/mol. The fourth-order valence-electron chi connectivity index (χ4n) is 1.26. The first kappa shape index (κ1) is 13.9. The van der Waals surface area contributed by atoms with Crippen molar-refractivity contribution in [2.75, 3.05) is 13.1 Å². The fraction of sp³-hybridized carbons (Fsp3) is 0.444. The standard InChI is InChI=1S/C9H15N3O3S2/c1-3-12(6-8(10)11-13)17(14,15)9-5-4-7(2)16-9/h4-5,13H,3,6H2,1-2H3,(H2,10,11). The summed E-state index contributed by atoms with van der Waals surface area (Å²) in [4.78, 5) is 0.920. The van der Waals surface area contributed by atoms with Crippen LogP contribution in [-0.4, -0.2) is 36.9 Å². The molecule has 0 radical (unpaired) electrons. The number of oxime groups is 1. The second-order valence-corrected chi connectivity index (χ2v) is 6.84. The normalized spacial score (nSPS) is 13.2. The number of sulfonamides is 1. The van der Waals surface area contributed by atoms with Crippen molar-refractivity contribution >= 4 is 27.2 Å². The monoisotopic (exact) mass is 277 g/mol. The van der Waals surface area contributed by atoms with Crippen LogP contribution in [0.5, 0.6) is 0 Å². The van der Waals surface area contributed by atoms with Gasteiger partial charge in [-0.3, -0.25) is 0 Å². The Labute approximate surface area is 104 Å². The molecule has 0 atom stereocenters. The van der Waals surface area contributed by atoms with Crippen molar-refractivity contribution in [3.63, 3.8) is 0 Å². The van der Waals surface area contributed by atoms with E-state index < -0.39 is 10.0 Å². The van der Waals surface area contributed by atoms with Gasteiger partial charge in [0.1, 0.15) is 4.21 Å². The first-order chi connectivity index (χ1) is 7.91. The molecule has 0 saturated carbocycles. The molecule has 0 unspecified atom stereocenters. The molecule has 1 rings (SSSR count). The second-order valence-electron chi connectivity index (χ2n) is 3.39. The van der Waals surface area contributed by atoms with Gasteiger partial charge in [0.25, 0.3) is 10.0 Å². The third kappa shape index (κ3) is 3.18. The van der Waals surface area contributed by atoms with Crippen LogP contribution in [0, 0.1) is 6.92 Å². The van der Waals surface area contributed by atoms with Crippen LogP contribution in [-0.2, 0) is 10.0 Å². The van der Waals surface area contributed by atoms with E-state index in [2.05, 4.69) is 5.16 Å². The van der Waals surface area contributed by atoms with E-state index in [0.29, 0.717) is 0 Å². The van der Waals surface area contributed by atoms with Crippen LogP contribution in [0.4, 0.5) is 0 Å². The zero-order valence-corrected chi connectivity index (χ0v) is 11.3. The van der Waals surface area contributed by atoms with E-state index in [4.69, 9.17) is 10.9 Å². The molecule has 0 aliphatic heterocycles. The molecule has 3 N–H and O–H groups in total. The Morgan fingerprint density at radius 1 is 1.59 bits per heavy atom. The summed E-state index contributed by atoms with van der Waals surface area (Å²) in [6.07, 6.45) is 0. The van der Waals surface area contributed by atoms with Crippen LogP contribution in [0.25, 0.3) is 0 Å². The number of nitrogens with zero attached hydrogens (tertiary/aromatic N) is 2. The zero-order valence-electron chi connectivity index (χ0n) is 9.62. The SMILES string of the molecule is CCN(CC(N)=NO)S(=O)(=O)c1ccc(C)s1. The quantitative estimate of drug-likeness (QED) is 0.360. The summed E-state index contributed by atoms with van der Waals surface area (Å²) in [5.74, 6) is -0.135. The van der Waals surface area contributed by atoms with Crippen molar-refractivity contribution in [2.45, 2.75) is 18.1 Å². The van der Waals surface area contributed by atoms with Crippen LogP contribution in [0.3, 0.4) is 0 Å². The van der Waals surface area contributed by atoms with Gasteiger partial charge in [-0.1, -0.05) is 12.1 Å². The van der Waals surface area contributed by atoms with Gasteiger partial charge in [-0.2, -0.15) is 4.31 Å². The third-order valence-electron chi connectivity index (χ3n) is 2.13. The minimum absolute atomic E-state index is 0.119. The number of hydrogen-bond acceptors (Lipinski definition) is 5. The van der Waals surface area contributed by atoms with E-state index in [1.54, 1.807) is 19.1 Å². The van der Waals surface area contributed by atoms with Gasteiger partial charge in [0.15, 0.2) is 5.84 Å². The molecule has 96 valence electrons. The first-order valence-corrected chi connectivity index (χ1v) is 7.20. The number of amidine groups is 1. The van der Waals surface area contributed by atoms with Gasteiger partial charge in [0.05, 0.1) is 6.54 Å². The molecule has 1 heterocycles. The van der Waals surface area contributed by atoms with Crippen LogP contribution >= 0.6 is 11.3 Å². The number of thiophene rings is 1. The number of rotatable bonds is 5. The highest BCUT2D eigenvalue weighted by atomic mass is 32.2. The summed E-state index contributed by atoms with van der Waals surface area (Å²) in [5.41, 5.74) is 5.33. The number of aryl methyl sites for hydroxylation is 1. The Kier molecular flexibility index (Phi) is 4.49. The van der Waals surface area contributed by atoms with Gasteiger partial charge in [0.2, 0.25) is 0 Å². The summed E-state index contributed by atoms with van der Waals surface area (Å²) in [6, 6.07) is 3.30. The molecule has 0 fully saturated rings. The van der Waals surface area contributed by atoms with E-state index in [1.165, 1.54) is 11.3 Å². The van der Waals surface area contributed by atoms with Crippen molar-refractivity contribution < 1.29 is 13.6 Å². The number of nitrogens with two attached hydrogens (primary N) is 1. The predicted octanol–water partition coefficient (Wildman–Crippen LogP) is 0.814. The van der Waals surface area contributed by atoms with Crippen LogP contribution in [0.1, 0.15) is 11.8 Å². The number of hydrogen-bond donors (Lipinski definition) is 2. The van der Waals surface area contributed by atoms with E-state index in [9.17, 15) is 8.42 Å². The Balaban J connectivity index is 3.02. The van der Waals surface area contributed by atoms with Gasteiger partial charge in [0, 0.05) is 11.4 Å². The van der Waals surface area contributed by atoms with Crippen molar-refractivity contribution in [1.82, 2.24) is 4.31 Å². The molecule has 6 nitrogen and oxygen atoms in total. The lowest BCUT2D eigenvalue weighted by Gasteiger charge is -2.18. The van der Waals surface area contributed by atoms with E-state index >= 15 is 0 Å². The predicted molar refractivity (Wildman–Crippen MR) is 66.9 cm³/mol. The lowest BCUT2D eigenvalue weighted by molar-refractivity contribution is 0.315. The van der Waals surface area contributed by atoms with Gasteiger partial charge >= 0.3 is 0 Å². The van der Waals surface area contributed by atoms with Gasteiger partial charge < -0.3 is 10.9 Å². The maximum Gasteiger partial charge on any atom is 0.252 e. The molecule has 0 amide bonds. The van der Waals surface area contributed by atoms with E-state index in [-0.39, 0.29) is 23.1 Å². The van der Waals surface area contributed by atoms with Crippen molar-refractivity contribution in [3.8, 4) is 0 Å². The van der Waals surface area contributed by atoms with Gasteiger partial charge in [-0.15, -0.1) is 11.3 Å². The molecule has 0 aromatic carbocycles. The summed E-state index contributed by atoms with van der Waals surface area (Å²) >= 11 is 1.20. The Morgan fingerprint density at radius 2 is 2.24 bits per heavy atom. The Morgan fingerprint density at radius 3 is 2.65 bits per heavy atom. The Hall–Kier alpha value is -1.12. The van der Waals surface area contributed by atoms with Crippen LogP contribution in [0.2, 0.25) is 0 Å². The molecule has 1 aromatic rings. The zero-order chi connectivity index (χ0) is 13.1. The molecule has 17 heavy (non-hydrogen) atoms. The molecule has 0 saturated heterocycles. The van der Waals surface area contributed by atoms with Gasteiger partial charge in [-0.05, 0) is 19.1 Å². The smallest absolute Gasteiger partial charge is 0.252 e. The maximum absolute atomic E-state index is 12.2. The van der Waals surface area contributed by atoms with E-state index in [0.717, 1.165) is 9.18 Å². The molecular formula is C9H15N3O3S2. The Bertz CT molecular complexity index is 507. The minimum Gasteiger partial charge on any atom is -0.409 e. The van der Waals surface area contributed by atoms with Crippen LogP contribution < -0.4 is 5.73 Å². The summed E-state index contributed by atoms with van der Waals surface area (Å²) < 4.78 is 25.8. The molecule has 0 bridgehead atoms. The second kappa shape index (κ2) is 5.48. The lowest BCUT2D eigenvalue weighted by Crippen LogP contribution is -2.38. The molecule has 0 aliphatic carbocycles. The molecule has 0 aliphatic rings.